The van der Waals surface area contributed by atoms with E-state index in [1.807, 2.05) is 18.2 Å². The number of ether oxygens (including phenoxy) is 1. The number of hydrogen-bond acceptors (Lipinski definition) is 7. The molecule has 1 aliphatic heterocycles. The van der Waals surface area contributed by atoms with Gasteiger partial charge in [0.2, 0.25) is 0 Å². The minimum Gasteiger partial charge on any atom is -0.424 e. The van der Waals surface area contributed by atoms with Gasteiger partial charge in [0.15, 0.2) is 0 Å². The molecule has 1 saturated heterocycles. The van der Waals surface area contributed by atoms with Gasteiger partial charge in [-0.15, -0.1) is 0 Å². The molecule has 0 amide bonds. The van der Waals surface area contributed by atoms with Crippen LogP contribution in [0.25, 0.3) is 22.5 Å². The van der Waals surface area contributed by atoms with Crippen LogP contribution in [0.3, 0.4) is 0 Å². The van der Waals surface area contributed by atoms with Crippen LogP contribution < -0.4 is 15.7 Å². The molecule has 0 spiro atoms. The van der Waals surface area contributed by atoms with E-state index in [2.05, 4.69) is 20.2 Å². The molecule has 0 aliphatic carbocycles. The molecule has 0 bridgehead atoms. The monoisotopic (exact) mass is 461 g/mol. The van der Waals surface area contributed by atoms with Crippen molar-refractivity contribution in [3.8, 4) is 34.3 Å². The van der Waals surface area contributed by atoms with Gasteiger partial charge < -0.3 is 14.6 Å². The third-order valence-corrected chi connectivity index (χ3v) is 5.67. The molecule has 1 N–H and O–H groups in total. The van der Waals surface area contributed by atoms with E-state index in [9.17, 15) is 9.18 Å². The Hall–Kier alpha value is -3.82. The second kappa shape index (κ2) is 9.98. The molecule has 1 fully saturated rings. The van der Waals surface area contributed by atoms with Crippen LogP contribution in [0.2, 0.25) is 0 Å². The number of benzene rings is 2. The zero-order valence-electron chi connectivity index (χ0n) is 18.5. The topological polar surface area (TPSA) is 85.4 Å². The summed E-state index contributed by atoms with van der Waals surface area (Å²) in [7, 11) is 0. The van der Waals surface area contributed by atoms with Crippen molar-refractivity contribution in [2.75, 3.05) is 32.7 Å². The zero-order chi connectivity index (χ0) is 23.3. The molecule has 8 nitrogen and oxygen atoms in total. The van der Waals surface area contributed by atoms with Crippen LogP contribution in [-0.4, -0.2) is 52.3 Å². The number of nitrogens with zero attached hydrogens (tertiary/aromatic N) is 4. The molecule has 2 aromatic carbocycles. The second-order valence-electron chi connectivity index (χ2n) is 7.94. The zero-order valence-corrected chi connectivity index (χ0v) is 18.5. The van der Waals surface area contributed by atoms with E-state index in [4.69, 9.17) is 9.26 Å². The Balaban J connectivity index is 1.54. The molecule has 1 aliphatic rings. The molecule has 9 heteroatoms. The molecule has 5 rings (SSSR count). The summed E-state index contributed by atoms with van der Waals surface area (Å²) in [6.45, 7) is 4.88. The smallest absolute Gasteiger partial charge is 0.366 e. The second-order valence-corrected chi connectivity index (χ2v) is 7.94. The van der Waals surface area contributed by atoms with Crippen LogP contribution in [0.4, 0.5) is 4.39 Å². The number of nitrogens with one attached hydrogen (secondary N) is 1. The summed E-state index contributed by atoms with van der Waals surface area (Å²) in [5, 5.41) is 3.33. The molecule has 2 aromatic heterocycles. The number of para-hydroxylation sites is 1. The largest absolute Gasteiger partial charge is 0.424 e. The van der Waals surface area contributed by atoms with Gasteiger partial charge in [0.1, 0.15) is 17.3 Å². The van der Waals surface area contributed by atoms with Gasteiger partial charge in [-0.25, -0.2) is 18.9 Å². The van der Waals surface area contributed by atoms with Gasteiger partial charge in [0, 0.05) is 38.9 Å². The first kappa shape index (κ1) is 22.0. The van der Waals surface area contributed by atoms with E-state index >= 15 is 0 Å². The fourth-order valence-electron chi connectivity index (χ4n) is 3.98. The maximum Gasteiger partial charge on any atom is 0.366 e. The Morgan fingerprint density at radius 3 is 2.53 bits per heavy atom. The minimum atomic E-state index is -0.508. The number of aromatic nitrogens is 3. The highest BCUT2D eigenvalue weighted by Gasteiger charge is 2.23. The number of hydrogen-bond donors (Lipinski definition) is 1. The summed E-state index contributed by atoms with van der Waals surface area (Å²) >= 11 is 0. The van der Waals surface area contributed by atoms with Crippen LogP contribution in [-0.2, 0) is 6.54 Å². The van der Waals surface area contributed by atoms with Crippen molar-refractivity contribution in [2.45, 2.75) is 6.54 Å². The first-order valence-electron chi connectivity index (χ1n) is 11.2. The summed E-state index contributed by atoms with van der Waals surface area (Å²) in [6.07, 6.45) is 1.58. The first-order chi connectivity index (χ1) is 16.7. The van der Waals surface area contributed by atoms with Crippen molar-refractivity contribution in [2.24, 2.45) is 0 Å². The first-order valence-corrected chi connectivity index (χ1v) is 11.2. The quantitative estimate of drug-likeness (QED) is 0.452. The van der Waals surface area contributed by atoms with Gasteiger partial charge in [0.05, 0.1) is 17.8 Å². The third-order valence-electron chi connectivity index (χ3n) is 5.67. The summed E-state index contributed by atoms with van der Waals surface area (Å²) in [5.41, 5.74) is 1.35. The Bertz CT molecular complexity index is 1300. The van der Waals surface area contributed by atoms with Gasteiger partial charge in [0.25, 0.3) is 0 Å². The summed E-state index contributed by atoms with van der Waals surface area (Å²) in [5.74, 6) is 0.218. The fourth-order valence-corrected chi connectivity index (χ4v) is 3.98. The Kier molecular flexibility index (Phi) is 6.46. The van der Waals surface area contributed by atoms with E-state index < -0.39 is 5.63 Å². The van der Waals surface area contributed by atoms with Crippen molar-refractivity contribution < 1.29 is 13.7 Å². The Morgan fingerprint density at radius 2 is 1.76 bits per heavy atom. The molecule has 0 saturated carbocycles. The van der Waals surface area contributed by atoms with Crippen molar-refractivity contribution in [1.29, 1.82) is 0 Å². The number of rotatable bonds is 7. The van der Waals surface area contributed by atoms with Crippen LogP contribution in [0.15, 0.2) is 76.2 Å². The van der Waals surface area contributed by atoms with Crippen LogP contribution in [0, 0.1) is 5.82 Å². The molecule has 4 aromatic rings. The van der Waals surface area contributed by atoms with Crippen LogP contribution >= 0.6 is 0 Å². The molecule has 34 heavy (non-hydrogen) atoms. The van der Waals surface area contributed by atoms with Gasteiger partial charge in [-0.1, -0.05) is 30.3 Å². The third kappa shape index (κ3) is 4.90. The summed E-state index contributed by atoms with van der Waals surface area (Å²) < 4.78 is 26.6. The average Bonchev–Trinajstić information content (AvgIpc) is 3.20. The van der Waals surface area contributed by atoms with E-state index in [-0.39, 0.29) is 11.8 Å². The fraction of sp³-hybridized carbons (Fsp3) is 0.240. The highest BCUT2D eigenvalue weighted by Crippen LogP contribution is 2.30. The highest BCUT2D eigenvalue weighted by atomic mass is 19.1. The maximum absolute atomic E-state index is 13.6. The summed E-state index contributed by atoms with van der Waals surface area (Å²) in [4.78, 5) is 24.0. The lowest BCUT2D eigenvalue weighted by atomic mass is 10.0. The Morgan fingerprint density at radius 1 is 1.00 bits per heavy atom. The Labute approximate surface area is 195 Å². The van der Waals surface area contributed by atoms with Crippen molar-refractivity contribution >= 4 is 0 Å². The highest BCUT2D eigenvalue weighted by molar-refractivity contribution is 5.78. The molecular formula is C25H24FN5O3. The van der Waals surface area contributed by atoms with Crippen LogP contribution in [0.5, 0.6) is 11.8 Å². The molecule has 3 heterocycles. The number of halogens is 1. The normalized spacial score (nSPS) is 14.3. The predicted molar refractivity (Wildman–Crippen MR) is 125 cm³/mol. The maximum atomic E-state index is 13.6. The van der Waals surface area contributed by atoms with Crippen molar-refractivity contribution in [3.63, 3.8) is 0 Å². The molecular weight excluding hydrogens is 437 g/mol. The average molecular weight is 461 g/mol. The molecule has 0 radical (unpaired) electrons. The molecule has 174 valence electrons. The number of piperazine rings is 1. The van der Waals surface area contributed by atoms with E-state index in [1.165, 1.54) is 12.1 Å². The van der Waals surface area contributed by atoms with Crippen molar-refractivity contribution in [1.82, 2.24) is 24.9 Å². The lowest BCUT2D eigenvalue weighted by Crippen LogP contribution is -2.44. The van der Waals surface area contributed by atoms with Gasteiger partial charge in [-0.05, 0) is 35.9 Å². The van der Waals surface area contributed by atoms with Crippen molar-refractivity contribution in [3.05, 3.63) is 83.1 Å². The molecule has 0 atom stereocenters. The standard InChI is InChI=1S/C25H24FN5O3/c26-19-8-6-18(7-9-19)22-23(31(34-24(22)32)17-16-30-14-12-27-13-15-30)21-10-11-28-25(29-21)33-20-4-2-1-3-5-20/h1-11,27H,12-17H2. The van der Waals surface area contributed by atoms with Gasteiger partial charge >= 0.3 is 11.6 Å². The van der Waals surface area contributed by atoms with Gasteiger partial charge in [-0.2, -0.15) is 4.98 Å². The lowest BCUT2D eigenvalue weighted by Gasteiger charge is -2.27. The SMILES string of the molecule is O=c1on(CCN2CCNCC2)c(-c2ccnc(Oc3ccccc3)n2)c1-c1ccc(F)cc1. The molecule has 0 unspecified atom stereocenters. The lowest BCUT2D eigenvalue weighted by molar-refractivity contribution is 0.186. The van der Waals surface area contributed by atoms with E-state index in [0.29, 0.717) is 41.4 Å². The van der Waals surface area contributed by atoms with Crippen LogP contribution in [0.1, 0.15) is 0 Å². The summed E-state index contributed by atoms with van der Waals surface area (Å²) in [6, 6.07) is 16.8. The minimum absolute atomic E-state index is 0.149. The van der Waals surface area contributed by atoms with E-state index in [1.54, 1.807) is 41.3 Å². The predicted octanol–water partition coefficient (Wildman–Crippen LogP) is 3.40. The van der Waals surface area contributed by atoms with E-state index in [0.717, 1.165) is 26.2 Å². The van der Waals surface area contributed by atoms with Gasteiger partial charge in [-0.3, -0.25) is 4.90 Å².